The second kappa shape index (κ2) is 3.49. The molecule has 0 aliphatic carbocycles. The molecule has 6 heteroatoms. The van der Waals surface area contributed by atoms with Gasteiger partial charge in [-0.1, -0.05) is 0 Å². The Bertz CT molecular complexity index is 532. The van der Waals surface area contributed by atoms with Crippen LogP contribution in [0.1, 0.15) is 10.4 Å². The Morgan fingerprint density at radius 2 is 2.33 bits per heavy atom. The van der Waals surface area contributed by atoms with Crippen molar-refractivity contribution in [1.82, 2.24) is 9.97 Å². The van der Waals surface area contributed by atoms with E-state index in [0.717, 1.165) is 0 Å². The minimum atomic E-state index is -0.596. The molecule has 0 spiro atoms. The molecule has 0 aliphatic heterocycles. The molecule has 0 amide bonds. The molecule has 15 heavy (non-hydrogen) atoms. The number of aromatic amines is 1. The maximum absolute atomic E-state index is 11.3. The number of rotatable bonds is 2. The first-order valence-electron chi connectivity index (χ1n) is 4.15. The van der Waals surface area contributed by atoms with Crippen LogP contribution in [-0.4, -0.2) is 23.0 Å². The van der Waals surface area contributed by atoms with Crippen LogP contribution in [0.2, 0.25) is 0 Å². The van der Waals surface area contributed by atoms with Gasteiger partial charge in [0.1, 0.15) is 5.69 Å². The minimum absolute atomic E-state index is 0.0291. The first kappa shape index (κ1) is 9.32. The molecule has 1 aromatic carbocycles. The lowest BCUT2D eigenvalue weighted by Gasteiger charge is -2.00. The van der Waals surface area contributed by atoms with Gasteiger partial charge in [-0.05, 0) is 17.3 Å². The Kier molecular flexibility index (Phi) is 2.17. The van der Waals surface area contributed by atoms with Crippen molar-refractivity contribution in [3.8, 4) is 0 Å². The van der Waals surface area contributed by atoms with Gasteiger partial charge in [0, 0.05) is 0 Å². The summed E-state index contributed by atoms with van der Waals surface area (Å²) in [7, 11) is 1.24. The van der Waals surface area contributed by atoms with E-state index in [-0.39, 0.29) is 11.3 Å². The van der Waals surface area contributed by atoms with Crippen LogP contribution in [0, 0.1) is 4.91 Å². The smallest absolute Gasteiger partial charge is 0.340 e. The summed E-state index contributed by atoms with van der Waals surface area (Å²) in [5, 5.41) is 2.76. The van der Waals surface area contributed by atoms with E-state index in [1.54, 1.807) is 0 Å². The Morgan fingerprint density at radius 1 is 1.53 bits per heavy atom. The van der Waals surface area contributed by atoms with E-state index in [4.69, 9.17) is 0 Å². The Hall–Kier alpha value is -2.24. The van der Waals surface area contributed by atoms with Crippen molar-refractivity contribution in [2.24, 2.45) is 5.18 Å². The summed E-state index contributed by atoms with van der Waals surface area (Å²) >= 11 is 0. The SMILES string of the molecule is COC(=O)c1cc2[nH]cnc2cc1N=O. The molecule has 0 saturated heterocycles. The fourth-order valence-electron chi connectivity index (χ4n) is 1.32. The highest BCUT2D eigenvalue weighted by molar-refractivity contribution is 5.99. The standard InChI is InChI=1S/C9H7N3O3/c1-15-9(13)5-2-7-8(11-4-10-7)3-6(5)12-14/h2-4H,1H3,(H,10,11). The summed E-state index contributed by atoms with van der Waals surface area (Å²) in [4.78, 5) is 28.6. The Labute approximate surface area is 84.2 Å². The third-order valence-electron chi connectivity index (χ3n) is 2.04. The number of benzene rings is 1. The number of nitrogens with zero attached hydrogens (tertiary/aromatic N) is 2. The van der Waals surface area contributed by atoms with Crippen molar-refractivity contribution < 1.29 is 9.53 Å². The summed E-state index contributed by atoms with van der Waals surface area (Å²) in [5.74, 6) is -0.596. The van der Waals surface area contributed by atoms with Crippen LogP contribution >= 0.6 is 0 Å². The van der Waals surface area contributed by atoms with Crippen LogP contribution in [0.3, 0.4) is 0 Å². The van der Waals surface area contributed by atoms with Crippen molar-refractivity contribution in [1.29, 1.82) is 0 Å². The van der Waals surface area contributed by atoms with Gasteiger partial charge in [-0.25, -0.2) is 9.78 Å². The van der Waals surface area contributed by atoms with Gasteiger partial charge in [0.15, 0.2) is 0 Å². The summed E-state index contributed by atoms with van der Waals surface area (Å²) in [6, 6.07) is 2.93. The van der Waals surface area contributed by atoms with Gasteiger partial charge in [-0.3, -0.25) is 0 Å². The Balaban J connectivity index is 2.69. The van der Waals surface area contributed by atoms with Crippen LogP contribution in [0.5, 0.6) is 0 Å². The number of H-pyrrole nitrogens is 1. The third-order valence-corrected chi connectivity index (χ3v) is 2.04. The van der Waals surface area contributed by atoms with Crippen molar-refractivity contribution in [2.75, 3.05) is 7.11 Å². The lowest BCUT2D eigenvalue weighted by molar-refractivity contribution is 0.0602. The van der Waals surface area contributed by atoms with E-state index in [1.807, 2.05) is 0 Å². The molecule has 1 heterocycles. The number of carbonyl (C=O) groups is 1. The predicted octanol–water partition coefficient (Wildman–Crippen LogP) is 1.75. The number of ether oxygens (including phenoxy) is 1. The second-order valence-corrected chi connectivity index (χ2v) is 2.87. The number of nitrogens with one attached hydrogen (secondary N) is 1. The monoisotopic (exact) mass is 205 g/mol. The maximum Gasteiger partial charge on any atom is 0.340 e. The highest BCUT2D eigenvalue weighted by Gasteiger charge is 2.14. The molecule has 2 aromatic rings. The van der Waals surface area contributed by atoms with Crippen LogP contribution in [0.25, 0.3) is 11.0 Å². The van der Waals surface area contributed by atoms with E-state index >= 15 is 0 Å². The number of imidazole rings is 1. The number of methoxy groups -OCH3 is 1. The number of hydrogen-bond acceptors (Lipinski definition) is 5. The molecule has 0 bridgehead atoms. The normalized spacial score (nSPS) is 10.2. The highest BCUT2D eigenvalue weighted by atomic mass is 16.5. The zero-order chi connectivity index (χ0) is 10.8. The molecule has 1 N–H and O–H groups in total. The van der Waals surface area contributed by atoms with Crippen LogP contribution < -0.4 is 0 Å². The van der Waals surface area contributed by atoms with Crippen molar-refractivity contribution >= 4 is 22.7 Å². The first-order valence-corrected chi connectivity index (χ1v) is 4.15. The van der Waals surface area contributed by atoms with Gasteiger partial charge < -0.3 is 9.72 Å². The Morgan fingerprint density at radius 3 is 3.00 bits per heavy atom. The van der Waals surface area contributed by atoms with Gasteiger partial charge in [-0.15, -0.1) is 4.91 Å². The van der Waals surface area contributed by atoms with E-state index in [0.29, 0.717) is 11.0 Å². The molecule has 1 aromatic heterocycles. The molecule has 0 atom stereocenters. The van der Waals surface area contributed by atoms with E-state index in [2.05, 4.69) is 19.9 Å². The average Bonchev–Trinajstić information content (AvgIpc) is 2.73. The summed E-state index contributed by atoms with van der Waals surface area (Å²) in [6.45, 7) is 0. The van der Waals surface area contributed by atoms with Crippen LogP contribution in [0.15, 0.2) is 23.6 Å². The fourth-order valence-corrected chi connectivity index (χ4v) is 1.32. The third kappa shape index (κ3) is 1.45. The molecule has 0 unspecified atom stereocenters. The summed E-state index contributed by atoms with van der Waals surface area (Å²) in [6.07, 6.45) is 1.47. The second-order valence-electron chi connectivity index (χ2n) is 2.87. The van der Waals surface area contributed by atoms with Crippen molar-refractivity contribution in [3.05, 3.63) is 28.9 Å². The molecule has 6 nitrogen and oxygen atoms in total. The average molecular weight is 205 g/mol. The quantitative estimate of drug-likeness (QED) is 0.597. The lowest BCUT2D eigenvalue weighted by Crippen LogP contribution is -2.01. The van der Waals surface area contributed by atoms with Gasteiger partial charge in [0.2, 0.25) is 0 Å². The van der Waals surface area contributed by atoms with Gasteiger partial charge in [0.25, 0.3) is 0 Å². The lowest BCUT2D eigenvalue weighted by atomic mass is 10.1. The van der Waals surface area contributed by atoms with E-state index < -0.39 is 5.97 Å². The predicted molar refractivity (Wildman–Crippen MR) is 52.9 cm³/mol. The largest absolute Gasteiger partial charge is 0.465 e. The number of esters is 1. The summed E-state index contributed by atoms with van der Waals surface area (Å²) < 4.78 is 4.53. The summed E-state index contributed by atoms with van der Waals surface area (Å²) in [5.41, 5.74) is 1.39. The van der Waals surface area contributed by atoms with Crippen LogP contribution in [0.4, 0.5) is 5.69 Å². The molecular weight excluding hydrogens is 198 g/mol. The van der Waals surface area contributed by atoms with Crippen LogP contribution in [-0.2, 0) is 4.74 Å². The highest BCUT2D eigenvalue weighted by Crippen LogP contribution is 2.24. The maximum atomic E-state index is 11.3. The number of fused-ring (bicyclic) bond motifs is 1. The minimum Gasteiger partial charge on any atom is -0.465 e. The van der Waals surface area contributed by atoms with E-state index in [1.165, 1.54) is 25.6 Å². The van der Waals surface area contributed by atoms with Gasteiger partial charge in [0.05, 0.1) is 30.0 Å². The first-order chi connectivity index (χ1) is 7.26. The zero-order valence-corrected chi connectivity index (χ0v) is 7.85. The zero-order valence-electron chi connectivity index (χ0n) is 7.85. The number of aromatic nitrogens is 2. The topological polar surface area (TPSA) is 84.4 Å². The molecular formula is C9H7N3O3. The molecule has 2 rings (SSSR count). The number of hydrogen-bond donors (Lipinski definition) is 1. The van der Waals surface area contributed by atoms with Crippen molar-refractivity contribution in [2.45, 2.75) is 0 Å². The molecule has 76 valence electrons. The van der Waals surface area contributed by atoms with E-state index in [9.17, 15) is 9.70 Å². The molecule has 0 aliphatic rings. The fraction of sp³-hybridized carbons (Fsp3) is 0.111. The number of carbonyl (C=O) groups excluding carboxylic acids is 1. The van der Waals surface area contributed by atoms with Crippen molar-refractivity contribution in [3.63, 3.8) is 0 Å². The van der Waals surface area contributed by atoms with Gasteiger partial charge in [-0.2, -0.15) is 0 Å². The molecule has 0 radical (unpaired) electrons. The molecule has 0 saturated carbocycles. The van der Waals surface area contributed by atoms with Gasteiger partial charge >= 0.3 is 5.97 Å². The molecule has 0 fully saturated rings. The number of nitroso groups, excluding NO2 is 1.